The van der Waals surface area contributed by atoms with Crippen LogP contribution in [0, 0.1) is 0 Å². The lowest BCUT2D eigenvalue weighted by Gasteiger charge is -2.22. The minimum Gasteiger partial charge on any atom is -0.275 e. The van der Waals surface area contributed by atoms with Crippen molar-refractivity contribution in [3.63, 3.8) is 0 Å². The molecule has 19 aromatic rings. The van der Waals surface area contributed by atoms with Crippen LogP contribution in [0.4, 0.5) is 0 Å². The van der Waals surface area contributed by atoms with Gasteiger partial charge < -0.3 is 0 Å². The average Bonchev–Trinajstić information content (AvgIpc) is 1.33. The van der Waals surface area contributed by atoms with Gasteiger partial charge in [-0.1, -0.05) is 250 Å². The topological polar surface area (TPSA) is 157 Å². The first-order chi connectivity index (χ1) is 52.6. The van der Waals surface area contributed by atoms with E-state index in [1.54, 1.807) is 37.2 Å². The lowest BCUT2D eigenvalue weighted by Crippen LogP contribution is -2.15. The Morgan fingerprint density at radius 3 is 0.882 bits per heavy atom. The van der Waals surface area contributed by atoms with Gasteiger partial charge in [-0.25, -0.2) is 54.8 Å². The largest absolute Gasteiger partial charge is 0.275 e. The molecular weight excluding hydrogens is 1350 g/mol. The molecule has 530 valence electrons. The number of fused-ring (bicyclic) bond motifs is 12. The Hall–Kier alpha value is -14.1. The first-order valence-electron chi connectivity index (χ1n) is 35.9. The Morgan fingerprint density at radius 2 is 0.536 bits per heavy atom. The third-order valence-electron chi connectivity index (χ3n) is 21.3. The summed E-state index contributed by atoms with van der Waals surface area (Å²) in [5, 5.41) is 2.19. The zero-order valence-electron chi connectivity index (χ0n) is 58.8. The molecule has 0 amide bonds. The van der Waals surface area contributed by atoms with E-state index < -0.39 is 0 Å². The van der Waals surface area contributed by atoms with E-state index in [0.717, 1.165) is 100 Å². The van der Waals surface area contributed by atoms with Gasteiger partial charge in [0.05, 0.1) is 22.4 Å². The molecule has 14 heteroatoms. The number of hydrogen-bond acceptors (Lipinski definition) is 11. The molecule has 0 fully saturated rings. The maximum atomic E-state index is 5.60. The molecule has 8 heterocycles. The third-order valence-corrected chi connectivity index (χ3v) is 21.3. The van der Waals surface area contributed by atoms with E-state index in [2.05, 4.69) is 231 Å². The van der Waals surface area contributed by atoms with Crippen LogP contribution in [0.1, 0.15) is 72.2 Å². The van der Waals surface area contributed by atoms with Crippen LogP contribution >= 0.6 is 0 Å². The number of benzene rings is 11. The van der Waals surface area contributed by atoms with E-state index in [1.165, 1.54) is 44.5 Å². The number of nitrogens with zero attached hydrogens (tertiary/aromatic N) is 14. The molecule has 0 unspecified atom stereocenters. The van der Waals surface area contributed by atoms with Crippen molar-refractivity contribution in [3.8, 4) is 118 Å². The minimum absolute atomic E-state index is 0. The molecule has 2 aliphatic carbocycles. The monoisotopic (exact) mass is 1420 g/mol. The molecule has 2 aliphatic rings. The van der Waals surface area contributed by atoms with Gasteiger partial charge in [-0.15, -0.1) is 0 Å². The summed E-state index contributed by atoms with van der Waals surface area (Å²) in [6.07, 6.45) is 10.0. The van der Waals surface area contributed by atoms with Gasteiger partial charge in [-0.2, -0.15) is 0 Å². The third kappa shape index (κ3) is 11.3. The smallest absolute Gasteiger partial charge is 0.198 e. The Kier molecular flexibility index (Phi) is 17.1. The van der Waals surface area contributed by atoms with Crippen molar-refractivity contribution in [1.82, 2.24) is 68.5 Å². The van der Waals surface area contributed by atoms with Crippen molar-refractivity contribution in [2.75, 3.05) is 0 Å². The van der Waals surface area contributed by atoms with Crippen molar-refractivity contribution in [2.24, 2.45) is 0 Å². The summed E-state index contributed by atoms with van der Waals surface area (Å²) >= 11 is 0. The van der Waals surface area contributed by atoms with Gasteiger partial charge in [-0.05, 0) is 146 Å². The SMILES string of the molecule is C.C.C.CC1(C)c2ccccc2-c2ccc(-c3cc(-c4ccccc4)c4ccc5c(-c6ccccc6)cc(-c6ccc7c(c6)C(C)(C)c6ccccc6-7)nc5c4n3)cc21.c1ccc(-n2c(-c3cc(-c4nc5nccnc5n4-c4ccccc4)cc(-c4nc5nccnc5n4-c4ccccc4)c3)nc3nccnc32)cc1. The van der Waals surface area contributed by atoms with E-state index in [-0.39, 0.29) is 33.1 Å². The maximum absolute atomic E-state index is 5.60. The summed E-state index contributed by atoms with van der Waals surface area (Å²) in [5.41, 5.74) is 29.6. The molecule has 0 aliphatic heterocycles. The Balaban J connectivity index is 0.000000157. The van der Waals surface area contributed by atoms with Gasteiger partial charge >= 0.3 is 0 Å². The van der Waals surface area contributed by atoms with Crippen LogP contribution < -0.4 is 0 Å². The summed E-state index contributed by atoms with van der Waals surface area (Å²) in [7, 11) is 0. The highest BCUT2D eigenvalue weighted by atomic mass is 15.2. The van der Waals surface area contributed by atoms with Crippen LogP contribution in [0.25, 0.3) is 174 Å². The predicted octanol–water partition coefficient (Wildman–Crippen LogP) is 23.0. The second-order valence-corrected chi connectivity index (χ2v) is 28.3. The zero-order chi connectivity index (χ0) is 71.5. The fourth-order valence-electron chi connectivity index (χ4n) is 16.2. The van der Waals surface area contributed by atoms with E-state index in [0.29, 0.717) is 51.4 Å². The first-order valence-corrected chi connectivity index (χ1v) is 35.9. The number of pyridine rings is 2. The van der Waals surface area contributed by atoms with E-state index >= 15 is 0 Å². The highest BCUT2D eigenvalue weighted by Gasteiger charge is 2.37. The van der Waals surface area contributed by atoms with Crippen LogP contribution in [-0.4, -0.2) is 68.5 Å². The van der Waals surface area contributed by atoms with Crippen molar-refractivity contribution in [3.05, 3.63) is 338 Å². The molecule has 0 radical (unpaired) electrons. The van der Waals surface area contributed by atoms with Gasteiger partial charge in [0, 0.05) is 104 Å². The summed E-state index contributed by atoms with van der Waals surface area (Å²) in [6, 6.07) is 98.4. The Labute approximate surface area is 638 Å². The fraction of sp³-hybridized carbons (Fsp3) is 0.0938. The lowest BCUT2D eigenvalue weighted by atomic mass is 9.81. The van der Waals surface area contributed by atoms with Crippen LogP contribution in [0.3, 0.4) is 0 Å². The van der Waals surface area contributed by atoms with E-state index in [9.17, 15) is 0 Å². The highest BCUT2D eigenvalue weighted by molar-refractivity contribution is 6.13. The number of aromatic nitrogens is 14. The van der Waals surface area contributed by atoms with Gasteiger partial charge in [0.25, 0.3) is 0 Å². The highest BCUT2D eigenvalue weighted by Crippen LogP contribution is 2.52. The predicted molar refractivity (Wildman–Crippen MR) is 448 cm³/mol. The quantitative estimate of drug-likeness (QED) is 0.120. The minimum atomic E-state index is -0.111. The van der Waals surface area contributed by atoms with Crippen molar-refractivity contribution in [2.45, 2.75) is 60.8 Å². The standard InChI is InChI=1S/C54H40N2.C39H24N12.3CH4/c1-53(2)45-21-13-11-19-37(45)39-25-23-35(29-47(39)53)49-31-43(33-15-7-5-8-16-33)41-27-28-42-44(34-17-9-6-10-18-34)32-50(56-52(42)51(41)55-49)36-24-26-40-38-20-12-14-22-46(38)54(3,4)48(40)30-36;1-4-10-28(11-5-1)49-34(46-31-37(49)43-19-16-40-31)25-22-26(35-47-32-38(44-20-17-41-32)50(35)29-12-6-2-7-13-29)24-27(23-25)36-48-33-39(45-21-18-42-33)51(36)30-14-8-3-9-15-30;;;/h5-32H,1-4H3;1-24H;3*1H4. The second-order valence-electron chi connectivity index (χ2n) is 28.3. The molecule has 0 spiro atoms. The molecule has 11 aromatic carbocycles. The molecule has 14 nitrogen and oxygen atoms in total. The maximum Gasteiger partial charge on any atom is 0.198 e. The van der Waals surface area contributed by atoms with Crippen molar-refractivity contribution >= 4 is 55.7 Å². The second kappa shape index (κ2) is 27.3. The summed E-state index contributed by atoms with van der Waals surface area (Å²) in [4.78, 5) is 54.2. The molecule has 8 aromatic heterocycles. The number of imidazole rings is 3. The summed E-state index contributed by atoms with van der Waals surface area (Å²) in [6.45, 7) is 9.36. The Bertz CT molecular complexity index is 6210. The van der Waals surface area contributed by atoms with Crippen LogP contribution in [0.15, 0.2) is 316 Å². The van der Waals surface area contributed by atoms with Gasteiger partial charge in [0.1, 0.15) is 17.5 Å². The van der Waals surface area contributed by atoms with Gasteiger partial charge in [-0.3, -0.25) is 13.7 Å². The number of para-hydroxylation sites is 3. The molecule has 0 N–H and O–H groups in total. The normalized spacial score (nSPS) is 12.7. The number of hydrogen-bond donors (Lipinski definition) is 0. The van der Waals surface area contributed by atoms with Crippen molar-refractivity contribution in [1.29, 1.82) is 0 Å². The fourth-order valence-corrected chi connectivity index (χ4v) is 16.2. The van der Waals surface area contributed by atoms with Crippen LogP contribution in [0.5, 0.6) is 0 Å². The van der Waals surface area contributed by atoms with Crippen LogP contribution in [0.2, 0.25) is 0 Å². The molecule has 21 rings (SSSR count). The first kappa shape index (κ1) is 69.0. The lowest BCUT2D eigenvalue weighted by molar-refractivity contribution is 0.660. The average molecular weight is 1430 g/mol. The number of rotatable bonds is 10. The Morgan fingerprint density at radius 1 is 0.236 bits per heavy atom. The molecule has 110 heavy (non-hydrogen) atoms. The van der Waals surface area contributed by atoms with Gasteiger partial charge in [0.2, 0.25) is 0 Å². The molecule has 0 saturated carbocycles. The van der Waals surface area contributed by atoms with E-state index in [4.69, 9.17) is 39.9 Å². The molecule has 0 atom stereocenters. The van der Waals surface area contributed by atoms with Crippen LogP contribution in [-0.2, 0) is 10.8 Å². The van der Waals surface area contributed by atoms with Gasteiger partial charge in [0.15, 0.2) is 33.9 Å². The molecule has 0 saturated heterocycles. The molecule has 0 bridgehead atoms. The molecular formula is C96H76N14. The van der Waals surface area contributed by atoms with Crippen molar-refractivity contribution < 1.29 is 0 Å². The van der Waals surface area contributed by atoms with E-state index in [1.807, 2.05) is 105 Å². The summed E-state index contributed by atoms with van der Waals surface area (Å²) in [5.74, 6) is 1.97. The summed E-state index contributed by atoms with van der Waals surface area (Å²) < 4.78 is 6.08. The zero-order valence-corrected chi connectivity index (χ0v) is 58.8.